The minimum absolute atomic E-state index is 0.0553. The fraction of sp³-hybridized carbons (Fsp3) is 0.0870. The minimum Gasteiger partial charge on any atom is -0.516 e. The van der Waals surface area contributed by atoms with Crippen LogP contribution in [0.1, 0.15) is 38.1 Å². The fourth-order valence-electron chi connectivity index (χ4n) is 1.71. The van der Waals surface area contributed by atoms with Crippen LogP contribution in [0.15, 0.2) is 60.7 Å². The first-order valence-corrected chi connectivity index (χ1v) is 10.1. The van der Waals surface area contributed by atoms with Crippen molar-refractivity contribution >= 4 is 47.6 Å². The molecule has 16 heteroatoms. The van der Waals surface area contributed by atoms with Crippen LogP contribution in [0.2, 0.25) is 0 Å². The fourth-order valence-corrected chi connectivity index (χ4v) is 1.71. The molecule has 0 saturated heterocycles. The van der Waals surface area contributed by atoms with Crippen LogP contribution < -0.4 is 0 Å². The zero-order valence-electron chi connectivity index (χ0n) is 20.1. The number of carbonyl (C=O) groups is 4. The normalized spacial score (nSPS) is 9.13. The Balaban J connectivity index is -0.000000453. The van der Waals surface area contributed by atoms with Crippen LogP contribution in [0.4, 0.5) is 0 Å². The van der Waals surface area contributed by atoms with E-state index in [1.165, 1.54) is 19.2 Å². The molecule has 0 aliphatic heterocycles. The quantitative estimate of drug-likeness (QED) is 0.0864. The van der Waals surface area contributed by atoms with Gasteiger partial charge in [-0.2, -0.15) is 9.59 Å². The van der Waals surface area contributed by atoms with E-state index >= 15 is 0 Å². The van der Waals surface area contributed by atoms with Crippen molar-refractivity contribution in [3.05, 3.63) is 77.5 Å². The predicted octanol–water partition coefficient (Wildman–Crippen LogP) is 2.37. The third-order valence-corrected chi connectivity index (χ3v) is 3.19. The third kappa shape index (κ3) is 19.3. The highest BCUT2D eigenvalue weighted by atomic mass is 32.1. The first-order chi connectivity index (χ1) is 18.3. The van der Waals surface area contributed by atoms with Crippen LogP contribution in [0.3, 0.4) is 0 Å². The van der Waals surface area contributed by atoms with Gasteiger partial charge in [0.1, 0.15) is 5.69 Å². The van der Waals surface area contributed by atoms with E-state index < -0.39 is 29.6 Å². The number of carbonyl (C=O) groups excluding carboxylic acids is 2. The first-order valence-electron chi connectivity index (χ1n) is 9.61. The molecule has 0 atom stereocenters. The van der Waals surface area contributed by atoms with Crippen molar-refractivity contribution in [2.24, 2.45) is 0 Å². The summed E-state index contributed by atoms with van der Waals surface area (Å²) in [5, 5.41) is 61.0. The highest BCUT2D eigenvalue weighted by Crippen LogP contribution is 2.24. The molecule has 0 aliphatic carbocycles. The molecule has 0 bridgehead atoms. The summed E-state index contributed by atoms with van der Waals surface area (Å²) in [6.45, 7) is 1.81. The average Bonchev–Trinajstić information content (AvgIpc) is 2.87. The molecule has 0 radical (unpaired) electrons. The van der Waals surface area contributed by atoms with Gasteiger partial charge in [0.05, 0.1) is 36.3 Å². The molecule has 0 unspecified atom stereocenters. The number of thiocarbonyl (C=S) groups is 1. The maximum Gasteiger partial charge on any atom is 0.373 e. The van der Waals surface area contributed by atoms with Crippen molar-refractivity contribution in [3.8, 4) is 11.5 Å². The summed E-state index contributed by atoms with van der Waals surface area (Å²) in [6, 6.07) is 5.55. The number of carboxylic acids is 4. The maximum atomic E-state index is 10.4. The molecule has 1 aromatic carbocycles. The molecule has 7 N–H and O–H groups in total. The Kier molecular flexibility index (Phi) is 22.2. The Morgan fingerprint density at radius 3 is 1.74 bits per heavy atom. The Hall–Kier alpha value is -5.60. The van der Waals surface area contributed by atoms with Gasteiger partial charge in [0.25, 0.3) is 0 Å². The number of pyridine rings is 1. The number of carboxylic acid groups (broad SMARTS) is 4. The second kappa shape index (κ2) is 22.8. The number of nitrogens with zero attached hydrogens (tertiary/aromatic N) is 1. The van der Waals surface area contributed by atoms with Crippen LogP contribution in [0.5, 0.6) is 11.5 Å². The van der Waals surface area contributed by atoms with Crippen molar-refractivity contribution in [2.75, 3.05) is 7.11 Å². The average molecular weight is 569 g/mol. The summed E-state index contributed by atoms with van der Waals surface area (Å²) < 4.78 is 4.41. The van der Waals surface area contributed by atoms with Crippen LogP contribution >= 0.6 is 12.2 Å². The van der Waals surface area contributed by atoms with Crippen LogP contribution in [0.25, 0.3) is 0 Å². The minimum atomic E-state index is -1.24. The number of ether oxygens (including phenoxy) is 1. The number of hydrogen-bond acceptors (Lipinski definition) is 12. The molecule has 15 nitrogen and oxygen atoms in total. The monoisotopic (exact) mass is 569 g/mol. The summed E-state index contributed by atoms with van der Waals surface area (Å²) in [7, 11) is 1.33. The molecule has 1 heterocycles. The van der Waals surface area contributed by atoms with Crippen LogP contribution in [-0.2, 0) is 19.1 Å². The van der Waals surface area contributed by atoms with Gasteiger partial charge in [-0.3, -0.25) is 0 Å². The highest BCUT2D eigenvalue weighted by molar-refractivity contribution is 7.78. The van der Waals surface area contributed by atoms with E-state index in [1.807, 2.05) is 6.92 Å². The number of aliphatic hydroxyl groups excluding tert-OH is 1. The highest BCUT2D eigenvalue weighted by Gasteiger charge is 2.08. The van der Waals surface area contributed by atoms with Gasteiger partial charge < -0.3 is 40.5 Å². The lowest BCUT2D eigenvalue weighted by Gasteiger charge is -1.97. The number of phenolic OH excluding ortho intramolecular Hbond substituents is 2. The van der Waals surface area contributed by atoms with E-state index in [-0.39, 0.29) is 34.3 Å². The van der Waals surface area contributed by atoms with Crippen molar-refractivity contribution < 1.29 is 69.2 Å². The van der Waals surface area contributed by atoms with Crippen molar-refractivity contribution in [1.29, 1.82) is 0 Å². The summed E-state index contributed by atoms with van der Waals surface area (Å²) >= 11 is 4.27. The standard InChI is InChI=1S/C7H5NO4.C7H6O4.C6H8O4.C2H4S.CO2/c9-6(10)4-1-2-8-5(3-4)7(11)12;8-5-2-1-4(7(10)11)3-6(5)9;1-10-4-5(2-3-7)6(8)9;1-2-3;2-1-3/h1-3H,(H,9,10)(H,11,12);1-3,8-9H,(H,10,11);2-4,7H,1H3,(H,8,9);2H,1H3;/b;;3-2+,5-4-;;. The topological polar surface area (TPSA) is 266 Å². The number of aromatic nitrogens is 1. The largest absolute Gasteiger partial charge is 0.516 e. The molecule has 2 aromatic rings. The summed E-state index contributed by atoms with van der Waals surface area (Å²) in [5.74, 6) is -5.44. The van der Waals surface area contributed by atoms with Gasteiger partial charge in [0, 0.05) is 6.20 Å². The molecular formula is C23H23NO14S. The first kappa shape index (κ1) is 37.9. The predicted molar refractivity (Wildman–Crippen MR) is 134 cm³/mol. The Morgan fingerprint density at radius 2 is 1.38 bits per heavy atom. The number of hydrogen-bond donors (Lipinski definition) is 7. The molecular weight excluding hydrogens is 546 g/mol. The van der Waals surface area contributed by atoms with Crippen LogP contribution in [0, 0.1) is 0 Å². The van der Waals surface area contributed by atoms with Gasteiger partial charge in [-0.25, -0.2) is 24.2 Å². The van der Waals surface area contributed by atoms with Gasteiger partial charge >= 0.3 is 30.0 Å². The molecule has 0 saturated carbocycles. The Labute approximate surface area is 225 Å². The Morgan fingerprint density at radius 1 is 0.897 bits per heavy atom. The van der Waals surface area contributed by atoms with Crippen LogP contribution in [-0.4, -0.2) is 83.2 Å². The zero-order chi connectivity index (χ0) is 31.0. The number of phenols is 2. The van der Waals surface area contributed by atoms with Gasteiger partial charge in [0.15, 0.2) is 11.5 Å². The van der Waals surface area contributed by atoms with Crippen molar-refractivity contribution in [2.45, 2.75) is 6.92 Å². The summed E-state index contributed by atoms with van der Waals surface area (Å²) in [4.78, 5) is 60.8. The third-order valence-electron chi connectivity index (χ3n) is 3.19. The zero-order valence-corrected chi connectivity index (χ0v) is 20.9. The van der Waals surface area contributed by atoms with E-state index in [0.29, 0.717) is 6.26 Å². The molecule has 1 aromatic heterocycles. The van der Waals surface area contributed by atoms with E-state index in [9.17, 15) is 19.2 Å². The lowest BCUT2D eigenvalue weighted by atomic mass is 10.2. The number of benzene rings is 1. The lowest BCUT2D eigenvalue weighted by Crippen LogP contribution is -2.03. The van der Waals surface area contributed by atoms with Gasteiger partial charge in [0.2, 0.25) is 0 Å². The van der Waals surface area contributed by atoms with E-state index in [2.05, 4.69) is 21.9 Å². The van der Waals surface area contributed by atoms with E-state index in [1.54, 1.807) is 5.37 Å². The van der Waals surface area contributed by atoms with Crippen molar-refractivity contribution in [3.63, 3.8) is 0 Å². The Bertz CT molecular complexity index is 1170. The maximum absolute atomic E-state index is 10.4. The second-order valence-corrected chi connectivity index (χ2v) is 6.27. The van der Waals surface area contributed by atoms with E-state index in [0.717, 1.165) is 36.7 Å². The number of aliphatic hydroxyl groups is 1. The van der Waals surface area contributed by atoms with Crippen molar-refractivity contribution in [1.82, 2.24) is 4.98 Å². The number of aliphatic carboxylic acids is 1. The van der Waals surface area contributed by atoms with E-state index in [4.69, 9.17) is 45.3 Å². The number of rotatable bonds is 6. The molecule has 39 heavy (non-hydrogen) atoms. The number of methoxy groups -OCH3 is 1. The summed E-state index contributed by atoms with van der Waals surface area (Å²) in [6.07, 6.45) is 4.08. The van der Waals surface area contributed by atoms with Gasteiger partial charge in [-0.1, -0.05) is 12.2 Å². The molecule has 0 fully saturated rings. The number of aromatic hydroxyl groups is 2. The summed E-state index contributed by atoms with van der Waals surface area (Å²) in [5.41, 5.74) is -0.511. The molecule has 0 spiro atoms. The van der Waals surface area contributed by atoms with Gasteiger partial charge in [-0.05, 0) is 48.7 Å². The molecule has 0 aliphatic rings. The molecule has 2 rings (SSSR count). The lowest BCUT2D eigenvalue weighted by molar-refractivity contribution is -0.191. The molecule has 0 amide bonds. The number of aromatic carboxylic acids is 3. The smallest absolute Gasteiger partial charge is 0.373 e. The SMILES string of the molecule is CC=S.CO/C=C(/C=C/O)C(=O)O.O=C(O)c1ccc(O)c(O)c1.O=C(O)c1ccnc(C(=O)O)c1.O=C=O. The van der Waals surface area contributed by atoms with Gasteiger partial charge in [-0.15, -0.1) is 0 Å². The second-order valence-electron chi connectivity index (χ2n) is 5.80. The molecule has 210 valence electrons.